The summed E-state index contributed by atoms with van der Waals surface area (Å²) in [6.45, 7) is 2.38. The van der Waals surface area contributed by atoms with E-state index in [1.807, 2.05) is 0 Å². The Hall–Kier alpha value is -1.13. The van der Waals surface area contributed by atoms with Gasteiger partial charge in [0.2, 0.25) is 10.0 Å². The molecule has 1 aromatic heterocycles. The van der Waals surface area contributed by atoms with Gasteiger partial charge in [0.15, 0.2) is 0 Å². The second-order valence-electron chi connectivity index (χ2n) is 4.60. The molecule has 0 saturated carbocycles. The zero-order valence-electron chi connectivity index (χ0n) is 11.4. The van der Waals surface area contributed by atoms with E-state index in [1.165, 1.54) is 20.8 Å². The van der Waals surface area contributed by atoms with Crippen molar-refractivity contribution in [2.45, 2.75) is 37.9 Å². The normalized spacial score (nSPS) is 13.1. The first-order chi connectivity index (χ1) is 9.36. The molecule has 1 heterocycles. The van der Waals surface area contributed by atoms with Crippen molar-refractivity contribution in [2.24, 2.45) is 0 Å². The Morgan fingerprint density at radius 3 is 2.29 bits per heavy atom. The van der Waals surface area contributed by atoms with Crippen LogP contribution >= 0.6 is 11.3 Å². The molecule has 1 N–H and O–H groups in total. The third kappa shape index (κ3) is 4.17. The molecule has 0 amide bonds. The van der Waals surface area contributed by atoms with Crippen molar-refractivity contribution < 1.29 is 31.5 Å². The van der Waals surface area contributed by atoms with Crippen LogP contribution in [0.4, 0.5) is 13.2 Å². The number of thiophene rings is 1. The Bertz CT molecular complexity index is 634. The summed E-state index contributed by atoms with van der Waals surface area (Å²) in [6.07, 6.45) is -4.68. The van der Waals surface area contributed by atoms with Gasteiger partial charge in [-0.05, 0) is 26.8 Å². The highest BCUT2D eigenvalue weighted by Crippen LogP contribution is 2.31. The summed E-state index contributed by atoms with van der Waals surface area (Å²) >= 11 is 0.710. The van der Waals surface area contributed by atoms with Crippen molar-refractivity contribution in [3.05, 3.63) is 15.8 Å². The zero-order chi connectivity index (χ0) is 16.6. The summed E-state index contributed by atoms with van der Waals surface area (Å²) in [4.78, 5) is 10.4. The highest BCUT2D eigenvalue weighted by Gasteiger charge is 2.39. The number of hydrogen-bond acceptors (Lipinski definition) is 4. The van der Waals surface area contributed by atoms with Crippen molar-refractivity contribution in [3.63, 3.8) is 0 Å². The van der Waals surface area contributed by atoms with Gasteiger partial charge < -0.3 is 5.11 Å². The number of carboxylic acids is 1. The van der Waals surface area contributed by atoms with Crippen LogP contribution in [0.5, 0.6) is 0 Å². The topological polar surface area (TPSA) is 74.7 Å². The Morgan fingerprint density at radius 2 is 1.95 bits per heavy atom. The lowest BCUT2D eigenvalue weighted by atomic mass is 10.4. The third-order valence-electron chi connectivity index (χ3n) is 2.58. The third-order valence-corrected chi connectivity index (χ3v) is 5.90. The Balaban J connectivity index is 3.33. The lowest BCUT2D eigenvalue weighted by Gasteiger charge is -2.26. The van der Waals surface area contributed by atoms with Gasteiger partial charge in [0, 0.05) is 10.9 Å². The molecule has 21 heavy (non-hydrogen) atoms. The second kappa shape index (κ2) is 5.93. The summed E-state index contributed by atoms with van der Waals surface area (Å²) in [5, 5.41) is 8.84. The first-order valence-corrected chi connectivity index (χ1v) is 8.04. The molecule has 5 nitrogen and oxygen atoms in total. The summed E-state index contributed by atoms with van der Waals surface area (Å²) in [5.41, 5.74) is 0. The molecule has 0 aliphatic carbocycles. The maximum Gasteiger partial charge on any atom is 0.402 e. The van der Waals surface area contributed by atoms with Crippen molar-refractivity contribution in [3.8, 4) is 0 Å². The van der Waals surface area contributed by atoms with Gasteiger partial charge >= 0.3 is 12.1 Å². The van der Waals surface area contributed by atoms with Crippen LogP contribution < -0.4 is 0 Å². The van der Waals surface area contributed by atoms with Crippen molar-refractivity contribution in [1.82, 2.24) is 4.31 Å². The molecule has 0 aromatic carbocycles. The van der Waals surface area contributed by atoms with Gasteiger partial charge in [-0.15, -0.1) is 11.3 Å². The number of nitrogens with zero attached hydrogens (tertiary/aromatic N) is 1. The van der Waals surface area contributed by atoms with E-state index in [9.17, 15) is 26.4 Å². The number of aryl methyl sites for hydroxylation is 1. The van der Waals surface area contributed by atoms with Gasteiger partial charge in [0.25, 0.3) is 0 Å². The van der Waals surface area contributed by atoms with Gasteiger partial charge in [-0.3, -0.25) is 0 Å². The smallest absolute Gasteiger partial charge is 0.402 e. The lowest BCUT2D eigenvalue weighted by Crippen LogP contribution is -2.43. The van der Waals surface area contributed by atoms with E-state index in [1.54, 1.807) is 0 Å². The first-order valence-electron chi connectivity index (χ1n) is 5.78. The molecule has 10 heteroatoms. The van der Waals surface area contributed by atoms with E-state index >= 15 is 0 Å². The first kappa shape index (κ1) is 17.9. The molecule has 0 radical (unpaired) electrons. The Labute approximate surface area is 124 Å². The summed E-state index contributed by atoms with van der Waals surface area (Å²) in [6, 6.07) is -0.0205. The SMILES string of the molecule is Cc1sc(C(=O)O)cc1S(=O)(=O)N(CC(F)(F)F)C(C)C. The van der Waals surface area contributed by atoms with Crippen LogP contribution in [0, 0.1) is 6.92 Å². The van der Waals surface area contributed by atoms with Crippen molar-refractivity contribution in [1.29, 1.82) is 0 Å². The average molecular weight is 345 g/mol. The lowest BCUT2D eigenvalue weighted by molar-refractivity contribution is -0.138. The number of carboxylic acid groups (broad SMARTS) is 1. The fourth-order valence-electron chi connectivity index (χ4n) is 1.68. The zero-order valence-corrected chi connectivity index (χ0v) is 13.1. The van der Waals surface area contributed by atoms with E-state index in [4.69, 9.17) is 5.11 Å². The molecule has 0 aliphatic heterocycles. The van der Waals surface area contributed by atoms with Crippen LogP contribution in [-0.2, 0) is 10.0 Å². The number of alkyl halides is 3. The van der Waals surface area contributed by atoms with E-state index in [0.717, 1.165) is 6.07 Å². The Kier molecular flexibility index (Phi) is 5.06. The van der Waals surface area contributed by atoms with Gasteiger partial charge in [-0.1, -0.05) is 0 Å². The highest BCUT2D eigenvalue weighted by molar-refractivity contribution is 7.89. The summed E-state index contributed by atoms with van der Waals surface area (Å²) in [7, 11) is -4.42. The van der Waals surface area contributed by atoms with E-state index in [0.29, 0.717) is 15.6 Å². The van der Waals surface area contributed by atoms with Gasteiger partial charge in [0.1, 0.15) is 11.4 Å². The fourth-order valence-corrected chi connectivity index (χ4v) is 4.70. The maximum absolute atomic E-state index is 12.5. The monoisotopic (exact) mass is 345 g/mol. The number of hydrogen-bond donors (Lipinski definition) is 1. The molecule has 0 aliphatic rings. The summed E-state index contributed by atoms with van der Waals surface area (Å²) in [5.74, 6) is -1.32. The molecule has 1 aromatic rings. The van der Waals surface area contributed by atoms with E-state index in [2.05, 4.69) is 0 Å². The van der Waals surface area contributed by atoms with Crippen LogP contribution in [0.3, 0.4) is 0 Å². The number of halogens is 3. The van der Waals surface area contributed by atoms with E-state index in [-0.39, 0.29) is 9.75 Å². The summed E-state index contributed by atoms with van der Waals surface area (Å²) < 4.78 is 62.7. The quantitative estimate of drug-likeness (QED) is 0.890. The minimum atomic E-state index is -4.68. The molecule has 0 unspecified atom stereocenters. The van der Waals surface area contributed by atoms with Crippen LogP contribution in [0.25, 0.3) is 0 Å². The number of rotatable bonds is 5. The number of carbonyl (C=O) groups is 1. The average Bonchev–Trinajstić information content (AvgIpc) is 2.67. The standard InChI is InChI=1S/C11H14F3NO4S2/c1-6(2)15(5-11(12,13)14)21(18,19)9-4-8(10(16)17)20-7(9)3/h4,6H,5H2,1-3H3,(H,16,17). The van der Waals surface area contributed by atoms with Gasteiger partial charge in [-0.25, -0.2) is 13.2 Å². The minimum Gasteiger partial charge on any atom is -0.477 e. The predicted molar refractivity (Wildman–Crippen MR) is 71.1 cm³/mol. The molecular weight excluding hydrogens is 331 g/mol. The maximum atomic E-state index is 12.5. The Morgan fingerprint density at radius 1 is 1.43 bits per heavy atom. The van der Waals surface area contributed by atoms with Crippen LogP contribution in [0.1, 0.15) is 28.4 Å². The second-order valence-corrected chi connectivity index (χ2v) is 7.71. The van der Waals surface area contributed by atoms with Gasteiger partial charge in [-0.2, -0.15) is 17.5 Å². The molecule has 0 fully saturated rings. The van der Waals surface area contributed by atoms with Crippen LogP contribution in [0.2, 0.25) is 0 Å². The van der Waals surface area contributed by atoms with Crippen molar-refractivity contribution >= 4 is 27.3 Å². The van der Waals surface area contributed by atoms with Crippen molar-refractivity contribution in [2.75, 3.05) is 6.54 Å². The fraction of sp³-hybridized carbons (Fsp3) is 0.545. The minimum absolute atomic E-state index is 0.139. The largest absolute Gasteiger partial charge is 0.477 e. The van der Waals surface area contributed by atoms with Crippen LogP contribution in [-0.4, -0.2) is 42.6 Å². The molecule has 0 saturated heterocycles. The molecular formula is C11H14F3NO4S2. The van der Waals surface area contributed by atoms with E-state index < -0.39 is 39.7 Å². The molecule has 120 valence electrons. The highest BCUT2D eigenvalue weighted by atomic mass is 32.2. The predicted octanol–water partition coefficient (Wildman–Crippen LogP) is 2.72. The van der Waals surface area contributed by atoms with Gasteiger partial charge in [0.05, 0.1) is 4.90 Å². The molecule has 0 spiro atoms. The number of sulfonamides is 1. The molecule has 0 atom stereocenters. The molecule has 0 bridgehead atoms. The molecule has 1 rings (SSSR count). The number of aromatic carboxylic acids is 1. The van der Waals surface area contributed by atoms with Crippen LogP contribution in [0.15, 0.2) is 11.0 Å².